The van der Waals surface area contributed by atoms with Gasteiger partial charge in [0.25, 0.3) is 0 Å². The number of carbonyl (C=O) groups excluding carboxylic acids is 6. The topological polar surface area (TPSA) is 179 Å². The first-order valence-electron chi connectivity index (χ1n) is 16.7. The molecule has 43 heavy (non-hydrogen) atoms. The summed E-state index contributed by atoms with van der Waals surface area (Å²) in [6.45, 7) is 3.05. The van der Waals surface area contributed by atoms with Gasteiger partial charge < -0.3 is 22.1 Å². The second-order valence-electron chi connectivity index (χ2n) is 11.6. The zero-order chi connectivity index (χ0) is 32.1. The zero-order valence-corrected chi connectivity index (χ0v) is 26.9. The molecule has 10 nitrogen and oxygen atoms in total. The molecule has 0 fully saturated rings. The standard InChI is InChI=1S/C33H60N4O6/c1-2-28(38)17-8-5-6-11-20-31(41)27(24-29(39)18-9-3-4-10-19-30(40)25-34)16-13-15-23-36-32(42)21-12-7-14-22-37-33(43)26-35/h27H,2-26,34-35H2,1H3,(H,36,42)(H,37,43). The molecule has 0 aromatic carbocycles. The molecule has 0 aliphatic rings. The van der Waals surface area contributed by atoms with Crippen LogP contribution in [0, 0.1) is 5.92 Å². The van der Waals surface area contributed by atoms with Gasteiger partial charge in [-0.3, -0.25) is 28.8 Å². The summed E-state index contributed by atoms with van der Waals surface area (Å²) in [6.07, 6.45) is 14.7. The summed E-state index contributed by atoms with van der Waals surface area (Å²) in [5, 5.41) is 5.65. The maximum atomic E-state index is 13.0. The second kappa shape index (κ2) is 28.3. The van der Waals surface area contributed by atoms with E-state index in [4.69, 9.17) is 11.5 Å². The van der Waals surface area contributed by atoms with Crippen LogP contribution in [-0.4, -0.2) is 61.1 Å². The zero-order valence-electron chi connectivity index (χ0n) is 26.9. The van der Waals surface area contributed by atoms with Gasteiger partial charge >= 0.3 is 0 Å². The molecule has 0 heterocycles. The first kappa shape index (κ1) is 40.5. The summed E-state index contributed by atoms with van der Waals surface area (Å²) in [5.41, 5.74) is 10.6. The first-order chi connectivity index (χ1) is 20.7. The molecule has 2 amide bonds. The minimum atomic E-state index is -0.285. The van der Waals surface area contributed by atoms with E-state index in [0.29, 0.717) is 58.0 Å². The van der Waals surface area contributed by atoms with E-state index >= 15 is 0 Å². The minimum absolute atomic E-state index is 0.00169. The minimum Gasteiger partial charge on any atom is -0.356 e. The third-order valence-electron chi connectivity index (χ3n) is 7.73. The third-order valence-corrected chi connectivity index (χ3v) is 7.73. The molecule has 0 saturated heterocycles. The molecule has 6 N–H and O–H groups in total. The van der Waals surface area contributed by atoms with Gasteiger partial charge in [-0.15, -0.1) is 0 Å². The SMILES string of the molecule is CCC(=O)CCCCCCC(=O)C(CCCCNC(=O)CCCCCNC(=O)CN)CC(=O)CCCCCCC(=O)CN. The Bertz CT molecular complexity index is 817. The number of hydrogen-bond donors (Lipinski definition) is 4. The number of hydrogen-bond acceptors (Lipinski definition) is 8. The fraction of sp³-hybridized carbons (Fsp3) is 0.818. The van der Waals surface area contributed by atoms with Crippen LogP contribution in [0.2, 0.25) is 0 Å². The van der Waals surface area contributed by atoms with Crippen molar-refractivity contribution in [3.05, 3.63) is 0 Å². The van der Waals surface area contributed by atoms with E-state index in [-0.39, 0.29) is 60.4 Å². The summed E-state index contributed by atoms with van der Waals surface area (Å²) in [4.78, 5) is 71.7. The predicted octanol–water partition coefficient (Wildman–Crippen LogP) is 4.24. The number of ketones is 4. The lowest BCUT2D eigenvalue weighted by Gasteiger charge is -2.16. The van der Waals surface area contributed by atoms with Gasteiger partial charge in [-0.2, -0.15) is 0 Å². The highest BCUT2D eigenvalue weighted by Crippen LogP contribution is 2.20. The largest absolute Gasteiger partial charge is 0.356 e. The van der Waals surface area contributed by atoms with Gasteiger partial charge in [-0.1, -0.05) is 45.4 Å². The van der Waals surface area contributed by atoms with Gasteiger partial charge in [-0.05, 0) is 51.4 Å². The molecule has 1 atom stereocenters. The van der Waals surface area contributed by atoms with Crippen molar-refractivity contribution in [2.24, 2.45) is 17.4 Å². The lowest BCUT2D eigenvalue weighted by Crippen LogP contribution is -2.30. The van der Waals surface area contributed by atoms with Crippen LogP contribution in [0.15, 0.2) is 0 Å². The number of unbranched alkanes of at least 4 members (excludes halogenated alkanes) is 9. The molecule has 1 unspecified atom stereocenters. The Morgan fingerprint density at radius 3 is 1.58 bits per heavy atom. The normalized spacial score (nSPS) is 11.6. The highest BCUT2D eigenvalue weighted by molar-refractivity contribution is 5.88. The summed E-state index contributed by atoms with van der Waals surface area (Å²) < 4.78 is 0. The maximum Gasteiger partial charge on any atom is 0.233 e. The van der Waals surface area contributed by atoms with Crippen molar-refractivity contribution in [1.82, 2.24) is 10.6 Å². The highest BCUT2D eigenvalue weighted by Gasteiger charge is 2.21. The smallest absolute Gasteiger partial charge is 0.233 e. The average Bonchev–Trinajstić information content (AvgIpc) is 3.00. The van der Waals surface area contributed by atoms with Gasteiger partial charge in [0.15, 0.2) is 0 Å². The van der Waals surface area contributed by atoms with Gasteiger partial charge in [0.1, 0.15) is 23.1 Å². The van der Waals surface area contributed by atoms with Crippen LogP contribution >= 0.6 is 0 Å². The van der Waals surface area contributed by atoms with Crippen molar-refractivity contribution < 1.29 is 28.8 Å². The van der Waals surface area contributed by atoms with E-state index in [1.807, 2.05) is 6.92 Å². The molecule has 0 spiro atoms. The summed E-state index contributed by atoms with van der Waals surface area (Å²) in [7, 11) is 0. The lowest BCUT2D eigenvalue weighted by molar-refractivity contribution is -0.128. The maximum absolute atomic E-state index is 13.0. The van der Waals surface area contributed by atoms with Crippen molar-refractivity contribution in [2.75, 3.05) is 26.2 Å². The molecule has 248 valence electrons. The van der Waals surface area contributed by atoms with Crippen molar-refractivity contribution in [2.45, 2.75) is 142 Å². The number of amides is 2. The summed E-state index contributed by atoms with van der Waals surface area (Å²) >= 11 is 0. The Kier molecular flexibility index (Phi) is 26.7. The molecule has 0 aromatic heterocycles. The quantitative estimate of drug-likeness (QED) is 0.0844. The van der Waals surface area contributed by atoms with Gasteiger partial charge in [0.2, 0.25) is 11.8 Å². The summed E-state index contributed by atoms with van der Waals surface area (Å²) in [5.74, 6) is 0.143. The van der Waals surface area contributed by atoms with Crippen LogP contribution in [0.1, 0.15) is 142 Å². The number of carbonyl (C=O) groups is 6. The number of Topliss-reactive ketones (excluding diaryl/α,β-unsaturated/α-hetero) is 4. The fourth-order valence-electron chi connectivity index (χ4n) is 4.93. The lowest BCUT2D eigenvalue weighted by atomic mass is 9.88. The Balaban J connectivity index is 4.40. The van der Waals surface area contributed by atoms with E-state index in [1.54, 1.807) is 0 Å². The molecule has 0 rings (SSSR count). The monoisotopic (exact) mass is 608 g/mol. The highest BCUT2D eigenvalue weighted by atomic mass is 16.2. The molecule has 0 radical (unpaired) electrons. The van der Waals surface area contributed by atoms with Gasteiger partial charge in [-0.25, -0.2) is 0 Å². The van der Waals surface area contributed by atoms with Crippen molar-refractivity contribution in [1.29, 1.82) is 0 Å². The van der Waals surface area contributed by atoms with E-state index in [2.05, 4.69) is 10.6 Å². The van der Waals surface area contributed by atoms with E-state index in [1.165, 1.54) is 0 Å². The molecule has 0 bridgehead atoms. The van der Waals surface area contributed by atoms with Gasteiger partial charge in [0.05, 0.1) is 13.1 Å². The third kappa shape index (κ3) is 25.7. The van der Waals surface area contributed by atoms with E-state index in [9.17, 15) is 28.8 Å². The van der Waals surface area contributed by atoms with Crippen LogP contribution < -0.4 is 22.1 Å². The fourth-order valence-corrected chi connectivity index (χ4v) is 4.93. The number of nitrogens with one attached hydrogen (secondary N) is 2. The first-order valence-corrected chi connectivity index (χ1v) is 16.7. The van der Waals surface area contributed by atoms with Crippen LogP contribution in [0.5, 0.6) is 0 Å². The molecule has 10 heteroatoms. The van der Waals surface area contributed by atoms with Crippen LogP contribution in [0.25, 0.3) is 0 Å². The van der Waals surface area contributed by atoms with Crippen molar-refractivity contribution >= 4 is 34.9 Å². The van der Waals surface area contributed by atoms with E-state index < -0.39 is 0 Å². The van der Waals surface area contributed by atoms with Crippen LogP contribution in [0.4, 0.5) is 0 Å². The molecule has 0 aromatic rings. The average molecular weight is 609 g/mol. The molecule has 0 aliphatic carbocycles. The Morgan fingerprint density at radius 2 is 1.00 bits per heavy atom. The molecular weight excluding hydrogens is 548 g/mol. The molecular formula is C33H60N4O6. The van der Waals surface area contributed by atoms with Crippen LogP contribution in [-0.2, 0) is 28.8 Å². The summed E-state index contributed by atoms with van der Waals surface area (Å²) in [6, 6.07) is 0. The predicted molar refractivity (Wildman–Crippen MR) is 170 cm³/mol. The van der Waals surface area contributed by atoms with Crippen molar-refractivity contribution in [3.63, 3.8) is 0 Å². The molecule has 0 saturated carbocycles. The number of nitrogens with two attached hydrogens (primary N) is 2. The van der Waals surface area contributed by atoms with E-state index in [0.717, 1.165) is 83.5 Å². The van der Waals surface area contributed by atoms with Crippen molar-refractivity contribution in [3.8, 4) is 0 Å². The second-order valence-corrected chi connectivity index (χ2v) is 11.6. The molecule has 0 aliphatic heterocycles. The van der Waals surface area contributed by atoms with Crippen LogP contribution in [0.3, 0.4) is 0 Å². The Hall–Kier alpha value is -2.46. The van der Waals surface area contributed by atoms with Gasteiger partial charge in [0, 0.05) is 64.0 Å². The Morgan fingerprint density at radius 1 is 0.512 bits per heavy atom. The Labute approximate surface area is 259 Å². The number of rotatable bonds is 31.